The van der Waals surface area contributed by atoms with Gasteiger partial charge in [-0.2, -0.15) is 0 Å². The summed E-state index contributed by atoms with van der Waals surface area (Å²) in [6, 6.07) is 6.71. The molecule has 1 aromatic carbocycles. The number of carbonyl (C=O) groups excluding carboxylic acids is 4. The topological polar surface area (TPSA) is 95.6 Å². The van der Waals surface area contributed by atoms with Crippen molar-refractivity contribution in [3.05, 3.63) is 29.8 Å². The van der Waals surface area contributed by atoms with Crippen molar-refractivity contribution in [2.45, 2.75) is 71.4 Å². The van der Waals surface area contributed by atoms with Crippen LogP contribution in [-0.2, 0) is 24.6 Å². The molecule has 1 unspecified atom stereocenters. The summed E-state index contributed by atoms with van der Waals surface area (Å²) >= 11 is 0. The molecule has 28 heavy (non-hydrogen) atoms. The van der Waals surface area contributed by atoms with Crippen LogP contribution >= 0.6 is 0 Å². The Bertz CT molecular complexity index is 762. The van der Waals surface area contributed by atoms with Crippen LogP contribution in [-0.4, -0.2) is 40.6 Å². The van der Waals surface area contributed by atoms with Crippen LogP contribution in [0.3, 0.4) is 0 Å². The molecule has 1 aromatic rings. The highest BCUT2D eigenvalue weighted by atomic mass is 16.2. The molecule has 1 aliphatic heterocycles. The van der Waals surface area contributed by atoms with E-state index in [1.54, 1.807) is 24.3 Å². The second-order valence-electron chi connectivity index (χ2n) is 7.74. The Balaban J connectivity index is 2.16. The predicted octanol–water partition coefficient (Wildman–Crippen LogP) is 2.35. The first-order valence-electron chi connectivity index (χ1n) is 9.71. The van der Waals surface area contributed by atoms with Crippen LogP contribution < -0.4 is 10.6 Å². The number of hydrogen-bond acceptors (Lipinski definition) is 4. The summed E-state index contributed by atoms with van der Waals surface area (Å²) in [6.07, 6.45) is 1.32. The summed E-state index contributed by atoms with van der Waals surface area (Å²) in [5, 5.41) is 5.04. The van der Waals surface area contributed by atoms with Crippen molar-refractivity contribution in [3.63, 3.8) is 0 Å². The Morgan fingerprint density at radius 2 is 1.68 bits per heavy atom. The molecular weight excluding hydrogens is 358 g/mol. The molecule has 7 heteroatoms. The Kier molecular flexibility index (Phi) is 6.59. The third-order valence-corrected chi connectivity index (χ3v) is 5.31. The molecule has 1 fully saturated rings. The summed E-state index contributed by atoms with van der Waals surface area (Å²) in [7, 11) is 0. The quantitative estimate of drug-likeness (QED) is 0.599. The van der Waals surface area contributed by atoms with Crippen LogP contribution in [0.15, 0.2) is 24.3 Å². The highest BCUT2D eigenvalue weighted by molar-refractivity contribution is 6.39. The van der Waals surface area contributed by atoms with E-state index in [1.807, 2.05) is 34.6 Å². The molecular formula is C21H29N3O4. The molecule has 0 bridgehead atoms. The number of rotatable bonds is 5. The van der Waals surface area contributed by atoms with Gasteiger partial charge in [-0.05, 0) is 58.2 Å². The monoisotopic (exact) mass is 387 g/mol. The van der Waals surface area contributed by atoms with Crippen molar-refractivity contribution in [2.75, 3.05) is 5.32 Å². The Morgan fingerprint density at radius 1 is 1.11 bits per heavy atom. The Morgan fingerprint density at radius 3 is 2.14 bits per heavy atom. The van der Waals surface area contributed by atoms with E-state index in [0.29, 0.717) is 24.9 Å². The molecule has 0 spiro atoms. The lowest BCUT2D eigenvalue weighted by atomic mass is 9.72. The maximum Gasteiger partial charge on any atom is 0.313 e. The maximum absolute atomic E-state index is 12.5. The average Bonchev–Trinajstić information content (AvgIpc) is 2.62. The zero-order valence-corrected chi connectivity index (χ0v) is 17.2. The number of anilines is 1. The first-order chi connectivity index (χ1) is 13.1. The Labute approximate surface area is 165 Å². The van der Waals surface area contributed by atoms with Crippen molar-refractivity contribution in [1.82, 2.24) is 10.2 Å². The van der Waals surface area contributed by atoms with Gasteiger partial charge in [0, 0.05) is 24.2 Å². The summed E-state index contributed by atoms with van der Waals surface area (Å²) in [5.74, 6) is -1.82. The zero-order chi connectivity index (χ0) is 21.1. The van der Waals surface area contributed by atoms with Gasteiger partial charge >= 0.3 is 11.8 Å². The van der Waals surface area contributed by atoms with Gasteiger partial charge in [-0.25, -0.2) is 0 Å². The standard InChI is InChI=1S/C21H29N3O4/c1-6-21(12-11-17(25)23-20(21)28)15-7-9-16(10-8-15)22-18(26)19(27)24(13(2)3)14(4)5/h7-10,13-14H,6,11-12H2,1-5H3,(H,22,26)(H,23,25,28). The Hall–Kier alpha value is -2.70. The molecule has 2 rings (SSSR count). The molecule has 1 heterocycles. The number of imide groups is 1. The van der Waals surface area contributed by atoms with E-state index in [-0.39, 0.29) is 23.9 Å². The van der Waals surface area contributed by atoms with Crippen LogP contribution in [0.5, 0.6) is 0 Å². The fourth-order valence-electron chi connectivity index (χ4n) is 3.81. The molecule has 1 aliphatic rings. The van der Waals surface area contributed by atoms with Gasteiger partial charge in [-0.15, -0.1) is 0 Å². The summed E-state index contributed by atoms with van der Waals surface area (Å²) in [5.41, 5.74) is 0.515. The van der Waals surface area contributed by atoms with E-state index in [2.05, 4.69) is 10.6 Å². The predicted molar refractivity (Wildman–Crippen MR) is 107 cm³/mol. The van der Waals surface area contributed by atoms with Gasteiger partial charge in [-0.1, -0.05) is 19.1 Å². The number of benzene rings is 1. The van der Waals surface area contributed by atoms with E-state index in [1.165, 1.54) is 4.90 Å². The van der Waals surface area contributed by atoms with Gasteiger partial charge < -0.3 is 10.2 Å². The van der Waals surface area contributed by atoms with Crippen molar-refractivity contribution in [2.24, 2.45) is 0 Å². The van der Waals surface area contributed by atoms with Gasteiger partial charge in [-0.3, -0.25) is 24.5 Å². The lowest BCUT2D eigenvalue weighted by Gasteiger charge is -2.35. The van der Waals surface area contributed by atoms with Gasteiger partial charge in [0.25, 0.3) is 0 Å². The zero-order valence-electron chi connectivity index (χ0n) is 17.2. The van der Waals surface area contributed by atoms with Gasteiger partial charge in [0.1, 0.15) is 0 Å². The molecule has 4 amide bonds. The molecule has 1 atom stereocenters. The molecule has 2 N–H and O–H groups in total. The fourth-order valence-corrected chi connectivity index (χ4v) is 3.81. The minimum atomic E-state index is -0.752. The first-order valence-corrected chi connectivity index (χ1v) is 9.71. The lowest BCUT2D eigenvalue weighted by molar-refractivity contribution is -0.145. The third kappa shape index (κ3) is 4.24. The summed E-state index contributed by atoms with van der Waals surface area (Å²) in [4.78, 5) is 50.3. The number of hydrogen-bond donors (Lipinski definition) is 2. The van der Waals surface area contributed by atoms with Crippen LogP contribution in [0.25, 0.3) is 0 Å². The highest BCUT2D eigenvalue weighted by Crippen LogP contribution is 2.36. The number of nitrogens with one attached hydrogen (secondary N) is 2. The minimum Gasteiger partial charge on any atom is -0.330 e. The smallest absolute Gasteiger partial charge is 0.313 e. The normalized spacial score (nSPS) is 19.5. The van der Waals surface area contributed by atoms with E-state index in [4.69, 9.17) is 0 Å². The third-order valence-electron chi connectivity index (χ3n) is 5.31. The number of amides is 4. The number of nitrogens with zero attached hydrogens (tertiary/aromatic N) is 1. The number of piperidine rings is 1. The largest absolute Gasteiger partial charge is 0.330 e. The van der Waals surface area contributed by atoms with Gasteiger partial charge in [0.2, 0.25) is 11.8 Å². The van der Waals surface area contributed by atoms with Crippen LogP contribution in [0.4, 0.5) is 5.69 Å². The van der Waals surface area contributed by atoms with Gasteiger partial charge in [0.05, 0.1) is 5.41 Å². The van der Waals surface area contributed by atoms with E-state index in [9.17, 15) is 19.2 Å². The molecule has 152 valence electrons. The second kappa shape index (κ2) is 8.54. The first kappa shape index (κ1) is 21.6. The fraction of sp³-hybridized carbons (Fsp3) is 0.524. The molecule has 7 nitrogen and oxygen atoms in total. The van der Waals surface area contributed by atoms with Crippen molar-refractivity contribution in [3.8, 4) is 0 Å². The van der Waals surface area contributed by atoms with E-state index in [0.717, 1.165) is 5.56 Å². The lowest BCUT2D eigenvalue weighted by Crippen LogP contribution is -2.51. The molecule has 0 saturated carbocycles. The summed E-state index contributed by atoms with van der Waals surface area (Å²) < 4.78 is 0. The van der Waals surface area contributed by atoms with E-state index < -0.39 is 17.2 Å². The SMILES string of the molecule is CCC1(c2ccc(NC(=O)C(=O)N(C(C)C)C(C)C)cc2)CCC(=O)NC1=O. The molecule has 0 radical (unpaired) electrons. The van der Waals surface area contributed by atoms with E-state index >= 15 is 0 Å². The highest BCUT2D eigenvalue weighted by Gasteiger charge is 2.42. The van der Waals surface area contributed by atoms with Crippen molar-refractivity contribution in [1.29, 1.82) is 0 Å². The molecule has 0 aromatic heterocycles. The van der Waals surface area contributed by atoms with Crippen LogP contribution in [0, 0.1) is 0 Å². The van der Waals surface area contributed by atoms with Gasteiger partial charge in [0.15, 0.2) is 0 Å². The van der Waals surface area contributed by atoms with Crippen molar-refractivity contribution < 1.29 is 19.2 Å². The van der Waals surface area contributed by atoms with Crippen LogP contribution in [0.2, 0.25) is 0 Å². The van der Waals surface area contributed by atoms with Crippen LogP contribution in [0.1, 0.15) is 59.4 Å². The second-order valence-corrected chi connectivity index (χ2v) is 7.74. The summed E-state index contributed by atoms with van der Waals surface area (Å²) in [6.45, 7) is 9.37. The molecule has 1 saturated heterocycles. The number of carbonyl (C=O) groups is 4. The van der Waals surface area contributed by atoms with Crippen molar-refractivity contribution >= 4 is 29.3 Å². The minimum absolute atomic E-state index is 0.0856. The maximum atomic E-state index is 12.5. The average molecular weight is 387 g/mol. The molecule has 0 aliphatic carbocycles.